The third-order valence-electron chi connectivity index (χ3n) is 4.11. The molecule has 134 valence electrons. The third kappa shape index (κ3) is 4.45. The predicted molar refractivity (Wildman–Crippen MR) is 98.2 cm³/mol. The van der Waals surface area contributed by atoms with Crippen molar-refractivity contribution in [1.82, 2.24) is 9.29 Å². The van der Waals surface area contributed by atoms with Gasteiger partial charge in [-0.1, -0.05) is 18.6 Å². The first-order valence-corrected chi connectivity index (χ1v) is 10.5. The molecule has 0 bridgehead atoms. The number of aryl methyl sites for hydroxylation is 1. The fourth-order valence-corrected chi connectivity index (χ4v) is 4.99. The molecule has 2 aromatic rings. The van der Waals surface area contributed by atoms with Crippen molar-refractivity contribution in [2.75, 3.05) is 18.4 Å². The highest BCUT2D eigenvalue weighted by atomic mass is 32.2. The van der Waals surface area contributed by atoms with Crippen LogP contribution in [0.15, 0.2) is 35.4 Å². The highest BCUT2D eigenvalue weighted by molar-refractivity contribution is 7.89. The van der Waals surface area contributed by atoms with Gasteiger partial charge < -0.3 is 5.32 Å². The summed E-state index contributed by atoms with van der Waals surface area (Å²) in [6.45, 7) is 3.09. The molecule has 3 rings (SSSR count). The van der Waals surface area contributed by atoms with Crippen LogP contribution < -0.4 is 5.32 Å². The lowest BCUT2D eigenvalue weighted by molar-refractivity contribution is -0.115. The lowest BCUT2D eigenvalue weighted by atomic mass is 10.1. The summed E-state index contributed by atoms with van der Waals surface area (Å²) in [7, 11) is -3.43. The summed E-state index contributed by atoms with van der Waals surface area (Å²) in [6, 6.07) is 6.56. The van der Waals surface area contributed by atoms with E-state index in [0.29, 0.717) is 18.2 Å². The Hall–Kier alpha value is -1.77. The van der Waals surface area contributed by atoms with Gasteiger partial charge >= 0.3 is 0 Å². The number of hydrogen-bond acceptors (Lipinski definition) is 5. The van der Waals surface area contributed by atoms with E-state index in [1.807, 2.05) is 6.92 Å². The van der Waals surface area contributed by atoms with Crippen molar-refractivity contribution in [1.29, 1.82) is 0 Å². The molecule has 0 atom stereocenters. The van der Waals surface area contributed by atoms with Gasteiger partial charge in [-0.2, -0.15) is 4.31 Å². The van der Waals surface area contributed by atoms with Gasteiger partial charge in [0, 0.05) is 24.2 Å². The van der Waals surface area contributed by atoms with E-state index in [-0.39, 0.29) is 17.2 Å². The Morgan fingerprint density at radius 1 is 1.20 bits per heavy atom. The van der Waals surface area contributed by atoms with Crippen LogP contribution in [0, 0.1) is 6.92 Å². The Morgan fingerprint density at radius 3 is 2.48 bits per heavy atom. The number of piperidine rings is 1. The van der Waals surface area contributed by atoms with Gasteiger partial charge in [-0.25, -0.2) is 13.4 Å². The Kier molecular flexibility index (Phi) is 5.51. The number of aromatic nitrogens is 1. The molecule has 0 unspecified atom stereocenters. The van der Waals surface area contributed by atoms with E-state index in [0.717, 1.165) is 29.7 Å². The van der Waals surface area contributed by atoms with Crippen LogP contribution >= 0.6 is 11.3 Å². The summed E-state index contributed by atoms with van der Waals surface area (Å²) in [5, 5.41) is 3.33. The van der Waals surface area contributed by atoms with E-state index in [4.69, 9.17) is 0 Å². The Labute approximate surface area is 151 Å². The van der Waals surface area contributed by atoms with Crippen molar-refractivity contribution in [2.24, 2.45) is 0 Å². The minimum atomic E-state index is -3.43. The molecule has 0 aliphatic carbocycles. The molecule has 1 aromatic carbocycles. The topological polar surface area (TPSA) is 79.4 Å². The lowest BCUT2D eigenvalue weighted by Crippen LogP contribution is -2.35. The Bertz CT molecular complexity index is 838. The van der Waals surface area contributed by atoms with Crippen LogP contribution in [0.1, 0.15) is 29.7 Å². The molecule has 1 saturated heterocycles. The van der Waals surface area contributed by atoms with Gasteiger partial charge in [0.05, 0.1) is 11.3 Å². The zero-order valence-electron chi connectivity index (χ0n) is 14.1. The molecule has 8 heteroatoms. The number of benzene rings is 1. The van der Waals surface area contributed by atoms with E-state index in [1.54, 1.807) is 34.8 Å². The molecule has 0 spiro atoms. The monoisotopic (exact) mass is 379 g/mol. The van der Waals surface area contributed by atoms with E-state index in [9.17, 15) is 13.2 Å². The highest BCUT2D eigenvalue weighted by Gasteiger charge is 2.25. The second-order valence-electron chi connectivity index (χ2n) is 6.11. The fourth-order valence-electron chi connectivity index (χ4n) is 2.79. The SMILES string of the molecule is Cc1cnc(NC(=O)Cc2ccc(S(=O)(=O)N3CCCCC3)cc2)s1. The van der Waals surface area contributed by atoms with E-state index >= 15 is 0 Å². The van der Waals surface area contributed by atoms with Crippen LogP contribution in [0.4, 0.5) is 5.13 Å². The number of carbonyl (C=O) groups excluding carboxylic acids is 1. The van der Waals surface area contributed by atoms with Gasteiger partial charge in [0.25, 0.3) is 0 Å². The molecule has 2 heterocycles. The normalized spacial score (nSPS) is 15.9. The average molecular weight is 380 g/mol. The number of sulfonamides is 1. The summed E-state index contributed by atoms with van der Waals surface area (Å²) in [5.41, 5.74) is 0.767. The van der Waals surface area contributed by atoms with Crippen molar-refractivity contribution < 1.29 is 13.2 Å². The average Bonchev–Trinajstić information content (AvgIpc) is 3.01. The number of rotatable bonds is 5. The van der Waals surface area contributed by atoms with Gasteiger partial charge in [-0.15, -0.1) is 11.3 Å². The predicted octanol–water partition coefficient (Wildman–Crippen LogP) is 2.81. The number of nitrogens with one attached hydrogen (secondary N) is 1. The molecular weight excluding hydrogens is 358 g/mol. The Morgan fingerprint density at radius 2 is 1.88 bits per heavy atom. The second-order valence-corrected chi connectivity index (χ2v) is 9.28. The molecule has 6 nitrogen and oxygen atoms in total. The minimum Gasteiger partial charge on any atom is -0.302 e. The number of amides is 1. The van der Waals surface area contributed by atoms with Gasteiger partial charge in [0.15, 0.2) is 5.13 Å². The number of hydrogen-bond donors (Lipinski definition) is 1. The van der Waals surface area contributed by atoms with Crippen LogP contribution in [0.5, 0.6) is 0 Å². The molecule has 0 radical (unpaired) electrons. The number of anilines is 1. The Balaban J connectivity index is 1.64. The maximum absolute atomic E-state index is 12.6. The first kappa shape index (κ1) is 18.0. The number of nitrogens with zero attached hydrogens (tertiary/aromatic N) is 2. The summed E-state index contributed by atoms with van der Waals surface area (Å²) in [6.07, 6.45) is 4.79. The van der Waals surface area contributed by atoms with Gasteiger partial charge in [-0.05, 0) is 37.5 Å². The van der Waals surface area contributed by atoms with E-state index in [1.165, 1.54) is 11.3 Å². The molecule has 1 amide bonds. The summed E-state index contributed by atoms with van der Waals surface area (Å²) >= 11 is 1.42. The largest absolute Gasteiger partial charge is 0.302 e. The molecule has 25 heavy (non-hydrogen) atoms. The summed E-state index contributed by atoms with van der Waals surface area (Å²) < 4.78 is 26.8. The minimum absolute atomic E-state index is 0.166. The zero-order valence-corrected chi connectivity index (χ0v) is 15.7. The number of thiazole rings is 1. The van der Waals surface area contributed by atoms with Crippen molar-refractivity contribution in [2.45, 2.75) is 37.5 Å². The summed E-state index contributed by atoms with van der Waals surface area (Å²) in [4.78, 5) is 17.5. The standard InChI is InChI=1S/C17H21N3O3S2/c1-13-12-18-17(24-13)19-16(21)11-14-5-7-15(8-6-14)25(22,23)20-9-3-2-4-10-20/h5-8,12H,2-4,9-11H2,1H3,(H,18,19,21). The van der Waals surface area contributed by atoms with Crippen LogP contribution in [0.2, 0.25) is 0 Å². The van der Waals surface area contributed by atoms with E-state index in [2.05, 4.69) is 10.3 Å². The van der Waals surface area contributed by atoms with Gasteiger partial charge in [0.1, 0.15) is 0 Å². The van der Waals surface area contributed by atoms with Crippen LogP contribution in [-0.4, -0.2) is 36.7 Å². The quantitative estimate of drug-likeness (QED) is 0.866. The molecule has 1 aliphatic rings. The molecule has 1 N–H and O–H groups in total. The molecule has 1 fully saturated rings. The van der Waals surface area contributed by atoms with E-state index < -0.39 is 10.0 Å². The van der Waals surface area contributed by atoms with Crippen molar-refractivity contribution in [3.8, 4) is 0 Å². The zero-order chi connectivity index (χ0) is 17.9. The molecule has 1 aliphatic heterocycles. The van der Waals surface area contributed by atoms with Crippen LogP contribution in [0.25, 0.3) is 0 Å². The first-order chi connectivity index (χ1) is 11.9. The maximum Gasteiger partial charge on any atom is 0.243 e. The van der Waals surface area contributed by atoms with Crippen molar-refractivity contribution >= 4 is 32.4 Å². The first-order valence-electron chi connectivity index (χ1n) is 8.26. The van der Waals surface area contributed by atoms with Crippen molar-refractivity contribution in [3.63, 3.8) is 0 Å². The smallest absolute Gasteiger partial charge is 0.243 e. The third-order valence-corrected chi connectivity index (χ3v) is 6.85. The molecular formula is C17H21N3O3S2. The lowest BCUT2D eigenvalue weighted by Gasteiger charge is -2.25. The number of carbonyl (C=O) groups is 1. The van der Waals surface area contributed by atoms with Gasteiger partial charge in [-0.3, -0.25) is 4.79 Å². The van der Waals surface area contributed by atoms with Crippen molar-refractivity contribution in [3.05, 3.63) is 40.9 Å². The van der Waals surface area contributed by atoms with Crippen LogP contribution in [0.3, 0.4) is 0 Å². The fraction of sp³-hybridized carbons (Fsp3) is 0.412. The second kappa shape index (κ2) is 7.63. The van der Waals surface area contributed by atoms with Gasteiger partial charge in [0.2, 0.25) is 15.9 Å². The van der Waals surface area contributed by atoms with Crippen LogP contribution in [-0.2, 0) is 21.2 Å². The highest BCUT2D eigenvalue weighted by Crippen LogP contribution is 2.21. The summed E-state index contributed by atoms with van der Waals surface area (Å²) in [5.74, 6) is -0.166. The molecule has 0 saturated carbocycles. The maximum atomic E-state index is 12.6. The molecule has 1 aromatic heterocycles.